The molecule has 1 aromatic carbocycles. The van der Waals surface area contributed by atoms with E-state index in [2.05, 4.69) is 49.2 Å². The Hall–Kier alpha value is -2.41. The summed E-state index contributed by atoms with van der Waals surface area (Å²) in [4.78, 5) is 16.8. The van der Waals surface area contributed by atoms with Gasteiger partial charge in [-0.05, 0) is 24.3 Å². The van der Waals surface area contributed by atoms with Crippen molar-refractivity contribution in [2.75, 3.05) is 11.9 Å². The van der Waals surface area contributed by atoms with Crippen molar-refractivity contribution in [2.45, 2.75) is 40.2 Å². The predicted octanol–water partition coefficient (Wildman–Crippen LogP) is 4.39. The molecule has 0 saturated heterocycles. The molecule has 1 N–H and O–H groups in total. The highest BCUT2D eigenvalue weighted by molar-refractivity contribution is 7.20. The van der Waals surface area contributed by atoms with Gasteiger partial charge in [0.15, 0.2) is 0 Å². The van der Waals surface area contributed by atoms with E-state index in [4.69, 9.17) is 4.74 Å². The zero-order chi connectivity index (χ0) is 19.4. The van der Waals surface area contributed by atoms with Crippen LogP contribution in [0.1, 0.15) is 45.7 Å². The summed E-state index contributed by atoms with van der Waals surface area (Å²) in [6.07, 6.45) is 2.43. The molecule has 0 spiro atoms. The predicted molar refractivity (Wildman–Crippen MR) is 110 cm³/mol. The first-order valence-corrected chi connectivity index (χ1v) is 10.1. The molecule has 0 bridgehead atoms. The fourth-order valence-corrected chi connectivity index (χ4v) is 3.67. The fourth-order valence-electron chi connectivity index (χ4n) is 2.84. The van der Waals surface area contributed by atoms with Gasteiger partial charge in [0.05, 0.1) is 12.6 Å². The Kier molecular flexibility index (Phi) is 6.11. The third-order valence-corrected chi connectivity index (χ3v) is 4.90. The molecule has 0 fully saturated rings. The maximum absolute atomic E-state index is 11.9. The normalized spacial score (nSPS) is 12.7. The van der Waals surface area contributed by atoms with Gasteiger partial charge in [0, 0.05) is 17.8 Å². The molecule has 3 aromatic rings. The molecule has 0 unspecified atom stereocenters. The summed E-state index contributed by atoms with van der Waals surface area (Å²) in [5.74, 6) is 1.83. The molecule has 2 heterocycles. The van der Waals surface area contributed by atoms with Crippen molar-refractivity contribution in [3.63, 3.8) is 0 Å². The fraction of sp³-hybridized carbons (Fsp3) is 0.450. The number of hydrogen-bond donors (Lipinski definition) is 1. The highest BCUT2D eigenvalue weighted by Crippen LogP contribution is 2.33. The molecule has 0 radical (unpaired) electrons. The summed E-state index contributed by atoms with van der Waals surface area (Å²) in [6.45, 7) is 9.33. The minimum absolute atomic E-state index is 0.0321. The van der Waals surface area contributed by atoms with Crippen LogP contribution in [-0.2, 0) is 0 Å². The number of nitrogens with zero attached hydrogens (tertiary/aromatic N) is 3. The Morgan fingerprint density at radius 1 is 1.15 bits per heavy atom. The largest absolute Gasteiger partial charge is 0.493 e. The summed E-state index contributed by atoms with van der Waals surface area (Å²) < 4.78 is 7.39. The van der Waals surface area contributed by atoms with Crippen LogP contribution < -0.4 is 15.6 Å². The molecule has 1 atom stereocenters. The summed E-state index contributed by atoms with van der Waals surface area (Å²) in [7, 11) is 0. The lowest BCUT2D eigenvalue weighted by atomic mass is 9.96. The number of hydrogen-bond acceptors (Lipinski definition) is 6. The van der Waals surface area contributed by atoms with Crippen molar-refractivity contribution in [3.8, 4) is 5.75 Å². The lowest BCUT2D eigenvalue weighted by Crippen LogP contribution is -2.17. The molecular formula is C20H26N4O2S. The SMILES string of the molecule is CC(C)COc1ccccc1[C@H](CC(C)C)Nc1nn2c(=O)ccnc2s1. The second-order valence-corrected chi connectivity index (χ2v) is 8.41. The number of anilines is 1. The van der Waals surface area contributed by atoms with E-state index in [-0.39, 0.29) is 11.6 Å². The summed E-state index contributed by atoms with van der Waals surface area (Å²) in [5.41, 5.74) is 0.928. The summed E-state index contributed by atoms with van der Waals surface area (Å²) in [6, 6.07) is 9.57. The first kappa shape index (κ1) is 19.4. The van der Waals surface area contributed by atoms with Gasteiger partial charge < -0.3 is 10.1 Å². The molecule has 0 aliphatic carbocycles. The molecule has 0 aliphatic heterocycles. The van der Waals surface area contributed by atoms with Crippen LogP contribution in [-0.4, -0.2) is 21.2 Å². The standard InChI is InChI=1S/C20H26N4O2S/c1-13(2)11-16(15-7-5-6-8-17(15)26-12-14(3)4)22-19-23-24-18(25)9-10-21-20(24)27-19/h5-10,13-14,16H,11-12H2,1-4H3,(H,22,23)/t16-/m0/s1. The number of para-hydroxylation sites is 1. The van der Waals surface area contributed by atoms with Crippen molar-refractivity contribution in [2.24, 2.45) is 11.8 Å². The monoisotopic (exact) mass is 386 g/mol. The Bertz CT molecular complexity index is 948. The van der Waals surface area contributed by atoms with Crippen LogP contribution in [0.2, 0.25) is 0 Å². The highest BCUT2D eigenvalue weighted by atomic mass is 32.1. The molecule has 7 heteroatoms. The van der Waals surface area contributed by atoms with Crippen molar-refractivity contribution in [3.05, 3.63) is 52.4 Å². The van der Waals surface area contributed by atoms with Gasteiger partial charge in [0.1, 0.15) is 5.75 Å². The molecule has 144 valence electrons. The zero-order valence-corrected chi connectivity index (χ0v) is 17.0. The van der Waals surface area contributed by atoms with Gasteiger partial charge in [-0.3, -0.25) is 4.79 Å². The molecule has 6 nitrogen and oxygen atoms in total. The van der Waals surface area contributed by atoms with Crippen LogP contribution in [0.4, 0.5) is 5.13 Å². The number of rotatable bonds is 8. The first-order chi connectivity index (χ1) is 12.9. The smallest absolute Gasteiger partial charge is 0.275 e. The maximum Gasteiger partial charge on any atom is 0.275 e. The van der Waals surface area contributed by atoms with E-state index in [1.165, 1.54) is 28.1 Å². The van der Waals surface area contributed by atoms with E-state index in [1.807, 2.05) is 18.2 Å². The van der Waals surface area contributed by atoms with Crippen LogP contribution in [0.25, 0.3) is 4.96 Å². The molecule has 0 saturated carbocycles. The van der Waals surface area contributed by atoms with Gasteiger partial charge >= 0.3 is 0 Å². The summed E-state index contributed by atoms with van der Waals surface area (Å²) in [5, 5.41) is 8.57. The average molecular weight is 387 g/mol. The van der Waals surface area contributed by atoms with E-state index >= 15 is 0 Å². The van der Waals surface area contributed by atoms with Crippen molar-refractivity contribution < 1.29 is 4.74 Å². The van der Waals surface area contributed by atoms with Gasteiger partial charge in [-0.25, -0.2) is 4.98 Å². The number of aromatic nitrogens is 3. The van der Waals surface area contributed by atoms with Crippen LogP contribution in [0.15, 0.2) is 41.3 Å². The lowest BCUT2D eigenvalue weighted by Gasteiger charge is -2.23. The van der Waals surface area contributed by atoms with Crippen LogP contribution in [0, 0.1) is 11.8 Å². The number of ether oxygens (including phenoxy) is 1. The van der Waals surface area contributed by atoms with E-state index < -0.39 is 0 Å². The second kappa shape index (κ2) is 8.52. The third kappa shape index (κ3) is 4.86. The third-order valence-electron chi connectivity index (χ3n) is 4.04. The van der Waals surface area contributed by atoms with Gasteiger partial charge in [-0.15, -0.1) is 5.10 Å². The van der Waals surface area contributed by atoms with Gasteiger partial charge in [0.2, 0.25) is 10.1 Å². The Labute approximate surface area is 163 Å². The van der Waals surface area contributed by atoms with Crippen molar-refractivity contribution in [1.29, 1.82) is 0 Å². The molecular weight excluding hydrogens is 360 g/mol. The van der Waals surface area contributed by atoms with Crippen LogP contribution >= 0.6 is 11.3 Å². The molecule has 27 heavy (non-hydrogen) atoms. The van der Waals surface area contributed by atoms with Crippen molar-refractivity contribution >= 4 is 21.4 Å². The minimum Gasteiger partial charge on any atom is -0.493 e. The van der Waals surface area contributed by atoms with Crippen LogP contribution in [0.5, 0.6) is 5.75 Å². The Morgan fingerprint density at radius 3 is 2.63 bits per heavy atom. The van der Waals surface area contributed by atoms with Crippen LogP contribution in [0.3, 0.4) is 0 Å². The topological polar surface area (TPSA) is 68.5 Å². The van der Waals surface area contributed by atoms with Crippen molar-refractivity contribution in [1.82, 2.24) is 14.6 Å². The van der Waals surface area contributed by atoms with E-state index in [9.17, 15) is 4.79 Å². The Morgan fingerprint density at radius 2 is 1.93 bits per heavy atom. The van der Waals surface area contributed by atoms with E-state index in [1.54, 1.807) is 0 Å². The zero-order valence-electron chi connectivity index (χ0n) is 16.2. The minimum atomic E-state index is -0.176. The highest BCUT2D eigenvalue weighted by Gasteiger charge is 2.20. The molecule has 3 rings (SSSR count). The van der Waals surface area contributed by atoms with Gasteiger partial charge in [-0.1, -0.05) is 57.2 Å². The molecule has 0 amide bonds. The van der Waals surface area contributed by atoms with E-state index in [0.717, 1.165) is 17.7 Å². The summed E-state index contributed by atoms with van der Waals surface area (Å²) >= 11 is 1.37. The van der Waals surface area contributed by atoms with Gasteiger partial charge in [-0.2, -0.15) is 4.52 Å². The number of benzene rings is 1. The van der Waals surface area contributed by atoms with E-state index in [0.29, 0.717) is 28.5 Å². The van der Waals surface area contributed by atoms with Gasteiger partial charge in [0.25, 0.3) is 5.56 Å². The quantitative estimate of drug-likeness (QED) is 0.622. The molecule has 2 aromatic heterocycles. The Balaban J connectivity index is 1.92. The first-order valence-electron chi connectivity index (χ1n) is 9.27. The maximum atomic E-state index is 11.9. The second-order valence-electron chi connectivity index (χ2n) is 7.45. The average Bonchev–Trinajstić information content (AvgIpc) is 3.03. The number of nitrogens with one attached hydrogen (secondary N) is 1. The number of fused-ring (bicyclic) bond motifs is 1. The lowest BCUT2D eigenvalue weighted by molar-refractivity contribution is 0.267. The molecule has 0 aliphatic rings.